The summed E-state index contributed by atoms with van der Waals surface area (Å²) in [5, 5.41) is 14.4. The Morgan fingerprint density at radius 3 is 2.63 bits per heavy atom. The molecule has 0 saturated heterocycles. The maximum Gasteiger partial charge on any atom is 0.302 e. The molecule has 8 heteroatoms. The van der Waals surface area contributed by atoms with Crippen LogP contribution in [-0.4, -0.2) is 21.9 Å². The fourth-order valence-electron chi connectivity index (χ4n) is 1.36. The third-order valence-corrected chi connectivity index (χ3v) is 3.33. The Morgan fingerprint density at radius 1 is 1.37 bits per heavy atom. The number of aromatic nitrogens is 2. The SMILES string of the molecule is CNc1ccc([N+](=O)[O-])c(Sc2nc(C)c(C)o2)n1. The van der Waals surface area contributed by atoms with Gasteiger partial charge in [0.25, 0.3) is 5.22 Å². The molecule has 2 aromatic heterocycles. The monoisotopic (exact) mass is 280 g/mol. The first-order chi connectivity index (χ1) is 9.01. The Bertz CT molecular complexity index is 607. The summed E-state index contributed by atoms with van der Waals surface area (Å²) in [4.78, 5) is 18.8. The van der Waals surface area contributed by atoms with Crippen LogP contribution >= 0.6 is 11.8 Å². The average molecular weight is 280 g/mol. The minimum atomic E-state index is -0.475. The molecule has 7 nitrogen and oxygen atoms in total. The van der Waals surface area contributed by atoms with Crippen LogP contribution in [0.25, 0.3) is 0 Å². The predicted octanol–water partition coefficient (Wildman–Crippen LogP) is 2.79. The fraction of sp³-hybridized carbons (Fsp3) is 0.273. The first-order valence-corrected chi connectivity index (χ1v) is 6.28. The smallest absolute Gasteiger partial charge is 0.302 e. The van der Waals surface area contributed by atoms with Crippen LogP contribution < -0.4 is 5.32 Å². The quantitative estimate of drug-likeness (QED) is 0.679. The second-order valence-corrected chi connectivity index (χ2v) is 4.69. The van der Waals surface area contributed by atoms with Crippen molar-refractivity contribution in [2.24, 2.45) is 0 Å². The van der Waals surface area contributed by atoms with Gasteiger partial charge in [0.05, 0.1) is 10.6 Å². The molecule has 0 radical (unpaired) electrons. The summed E-state index contributed by atoms with van der Waals surface area (Å²) in [5.41, 5.74) is 0.687. The van der Waals surface area contributed by atoms with Crippen molar-refractivity contribution in [3.8, 4) is 0 Å². The molecule has 100 valence electrons. The molecule has 1 N–H and O–H groups in total. The summed E-state index contributed by atoms with van der Waals surface area (Å²) in [5.74, 6) is 1.24. The zero-order chi connectivity index (χ0) is 14.0. The Morgan fingerprint density at radius 2 is 2.11 bits per heavy atom. The number of pyridine rings is 1. The zero-order valence-electron chi connectivity index (χ0n) is 10.6. The van der Waals surface area contributed by atoms with E-state index in [-0.39, 0.29) is 10.7 Å². The van der Waals surface area contributed by atoms with Gasteiger partial charge in [-0.2, -0.15) is 0 Å². The molecule has 19 heavy (non-hydrogen) atoms. The van der Waals surface area contributed by atoms with Gasteiger partial charge in [0, 0.05) is 13.1 Å². The lowest BCUT2D eigenvalue weighted by Crippen LogP contribution is -1.97. The van der Waals surface area contributed by atoms with Gasteiger partial charge in [0.2, 0.25) is 0 Å². The standard InChI is InChI=1S/C11H12N4O3S/c1-6-7(2)18-11(13-6)19-10-8(15(16)17)4-5-9(12-3)14-10/h4-5H,1-3H3,(H,12,14). The lowest BCUT2D eigenvalue weighted by molar-refractivity contribution is -0.388. The van der Waals surface area contributed by atoms with E-state index < -0.39 is 4.92 Å². The number of nitro groups is 1. The summed E-state index contributed by atoms with van der Waals surface area (Å²) < 4.78 is 5.40. The molecule has 2 rings (SSSR count). The minimum absolute atomic E-state index is 0.0718. The van der Waals surface area contributed by atoms with Crippen molar-refractivity contribution in [3.05, 3.63) is 33.7 Å². The van der Waals surface area contributed by atoms with Gasteiger partial charge in [-0.3, -0.25) is 10.1 Å². The molecule has 0 fully saturated rings. The molecule has 0 spiro atoms. The van der Waals surface area contributed by atoms with Crippen LogP contribution in [0.3, 0.4) is 0 Å². The largest absolute Gasteiger partial charge is 0.436 e. The zero-order valence-corrected chi connectivity index (χ0v) is 11.4. The van der Waals surface area contributed by atoms with Crippen LogP contribution in [0.2, 0.25) is 0 Å². The van der Waals surface area contributed by atoms with E-state index in [1.165, 1.54) is 6.07 Å². The van der Waals surface area contributed by atoms with Gasteiger partial charge < -0.3 is 9.73 Å². The van der Waals surface area contributed by atoms with Gasteiger partial charge in [-0.15, -0.1) is 0 Å². The van der Waals surface area contributed by atoms with Crippen LogP contribution in [-0.2, 0) is 0 Å². The summed E-state index contributed by atoms with van der Waals surface area (Å²) in [7, 11) is 1.70. The minimum Gasteiger partial charge on any atom is -0.436 e. The molecule has 0 aliphatic rings. The fourth-order valence-corrected chi connectivity index (χ4v) is 2.26. The van der Waals surface area contributed by atoms with E-state index in [1.807, 2.05) is 6.92 Å². The van der Waals surface area contributed by atoms with E-state index >= 15 is 0 Å². The Balaban J connectivity index is 2.39. The number of anilines is 1. The van der Waals surface area contributed by atoms with Gasteiger partial charge in [0.1, 0.15) is 11.6 Å². The second-order valence-electron chi connectivity index (χ2n) is 3.75. The van der Waals surface area contributed by atoms with Crippen molar-refractivity contribution in [1.29, 1.82) is 0 Å². The topological polar surface area (TPSA) is 94.1 Å². The van der Waals surface area contributed by atoms with Crippen LogP contribution in [0.15, 0.2) is 26.8 Å². The number of nitrogens with zero attached hydrogens (tertiary/aromatic N) is 3. The Hall–Kier alpha value is -2.09. The third-order valence-electron chi connectivity index (χ3n) is 2.49. The lowest BCUT2D eigenvalue weighted by atomic mass is 10.4. The molecule has 0 saturated carbocycles. The van der Waals surface area contributed by atoms with E-state index in [1.54, 1.807) is 20.0 Å². The van der Waals surface area contributed by atoms with Gasteiger partial charge >= 0.3 is 5.69 Å². The molecule has 2 aromatic rings. The van der Waals surface area contributed by atoms with Crippen LogP contribution in [0.4, 0.5) is 11.5 Å². The highest BCUT2D eigenvalue weighted by atomic mass is 32.2. The van der Waals surface area contributed by atoms with Crippen molar-refractivity contribution in [1.82, 2.24) is 9.97 Å². The molecule has 0 amide bonds. The van der Waals surface area contributed by atoms with Gasteiger partial charge in [-0.25, -0.2) is 9.97 Å². The molecular weight excluding hydrogens is 268 g/mol. The molecule has 2 heterocycles. The lowest BCUT2D eigenvalue weighted by Gasteiger charge is -2.02. The second kappa shape index (κ2) is 5.27. The molecule has 0 aliphatic heterocycles. The molecular formula is C11H12N4O3S. The third kappa shape index (κ3) is 2.84. The Labute approximate surface area is 113 Å². The highest BCUT2D eigenvalue weighted by Crippen LogP contribution is 2.34. The van der Waals surface area contributed by atoms with E-state index in [0.29, 0.717) is 16.8 Å². The van der Waals surface area contributed by atoms with Crippen molar-refractivity contribution < 1.29 is 9.34 Å². The highest BCUT2D eigenvalue weighted by Gasteiger charge is 2.19. The maximum absolute atomic E-state index is 11.0. The number of nitrogens with one attached hydrogen (secondary N) is 1. The molecule has 0 atom stereocenters. The van der Waals surface area contributed by atoms with Crippen molar-refractivity contribution in [2.45, 2.75) is 24.1 Å². The maximum atomic E-state index is 11.0. The number of hydrogen-bond donors (Lipinski definition) is 1. The van der Waals surface area contributed by atoms with Crippen molar-refractivity contribution in [2.75, 3.05) is 12.4 Å². The Kier molecular flexibility index (Phi) is 3.70. The highest BCUT2D eigenvalue weighted by molar-refractivity contribution is 7.99. The molecule has 0 aromatic carbocycles. The van der Waals surface area contributed by atoms with Gasteiger partial charge in [-0.05, 0) is 31.7 Å². The number of oxazole rings is 1. The summed E-state index contributed by atoms with van der Waals surface area (Å²) in [6, 6.07) is 2.96. The van der Waals surface area contributed by atoms with Crippen molar-refractivity contribution >= 4 is 23.3 Å². The summed E-state index contributed by atoms with van der Waals surface area (Å²) in [6.07, 6.45) is 0. The van der Waals surface area contributed by atoms with E-state index in [2.05, 4.69) is 15.3 Å². The molecule has 0 unspecified atom stereocenters. The first-order valence-electron chi connectivity index (χ1n) is 5.46. The average Bonchev–Trinajstić information content (AvgIpc) is 2.67. The first kappa shape index (κ1) is 13.3. The number of hydrogen-bond acceptors (Lipinski definition) is 7. The van der Waals surface area contributed by atoms with Crippen LogP contribution in [0.5, 0.6) is 0 Å². The van der Waals surface area contributed by atoms with Gasteiger partial charge in [0.15, 0.2) is 5.03 Å². The summed E-state index contributed by atoms with van der Waals surface area (Å²) in [6.45, 7) is 3.60. The van der Waals surface area contributed by atoms with Crippen LogP contribution in [0, 0.1) is 24.0 Å². The summed E-state index contributed by atoms with van der Waals surface area (Å²) >= 11 is 1.04. The van der Waals surface area contributed by atoms with E-state index in [4.69, 9.17) is 4.42 Å². The number of aryl methyl sites for hydroxylation is 2. The number of rotatable bonds is 4. The van der Waals surface area contributed by atoms with Crippen LogP contribution in [0.1, 0.15) is 11.5 Å². The van der Waals surface area contributed by atoms with Gasteiger partial charge in [-0.1, -0.05) is 0 Å². The normalized spacial score (nSPS) is 10.5. The van der Waals surface area contributed by atoms with E-state index in [9.17, 15) is 10.1 Å². The van der Waals surface area contributed by atoms with E-state index in [0.717, 1.165) is 17.5 Å². The predicted molar refractivity (Wildman–Crippen MR) is 70.5 cm³/mol. The molecule has 0 bridgehead atoms. The molecule has 0 aliphatic carbocycles. The van der Waals surface area contributed by atoms with Crippen molar-refractivity contribution in [3.63, 3.8) is 0 Å².